The molecule has 5 heteroatoms. The highest BCUT2D eigenvalue weighted by molar-refractivity contribution is 7.23. The van der Waals surface area contributed by atoms with Crippen LogP contribution in [-0.2, 0) is 4.57 Å². The van der Waals surface area contributed by atoms with Gasteiger partial charge in [0.25, 0.3) is 0 Å². The van der Waals surface area contributed by atoms with E-state index in [1.54, 1.807) is 0 Å². The maximum atomic E-state index is 10.1. The van der Waals surface area contributed by atoms with Crippen molar-refractivity contribution < 1.29 is 4.57 Å². The first-order valence-corrected chi connectivity index (χ1v) is 4.37. The first-order valence-electron chi connectivity index (χ1n) is 3.08. The fraction of sp³-hybridized carbons (Fsp3) is 1.00. The molecule has 0 radical (unpaired) electrons. The third-order valence-corrected chi connectivity index (χ3v) is 2.20. The number of rotatable bonds is 4. The third-order valence-electron chi connectivity index (χ3n) is 1.47. The first-order chi connectivity index (χ1) is 4.22. The maximum absolute atomic E-state index is 10.1. The normalized spacial score (nSPS) is 16.7. The van der Waals surface area contributed by atoms with Gasteiger partial charge in [-0.15, -0.1) is 12.4 Å². The molecular weight excluding hydrogens is 170 g/mol. The van der Waals surface area contributed by atoms with Crippen LogP contribution in [0.3, 0.4) is 0 Å². The van der Waals surface area contributed by atoms with Crippen LogP contribution in [0.4, 0.5) is 0 Å². The van der Waals surface area contributed by atoms with E-state index >= 15 is 0 Å². The molecule has 0 bridgehead atoms. The molecule has 0 aromatic heterocycles. The number of halogens is 1. The molecule has 0 aliphatic carbocycles. The van der Waals surface area contributed by atoms with Crippen LogP contribution in [0.5, 0.6) is 0 Å². The van der Waals surface area contributed by atoms with Gasteiger partial charge in [-0.05, 0) is 14.0 Å². The standard InChI is InChI=1S/C5H15N2OP.ClH/c1-4(7-2)5(6)3-9-8;/h4-5,7H,3,6,9H2,1-2H3;1H. The Hall–Kier alpha value is 0.440. The molecule has 0 rings (SSSR count). The molecule has 3 N–H and O–H groups in total. The molecule has 3 atom stereocenters. The lowest BCUT2D eigenvalue weighted by molar-refractivity contribution is 0.517. The van der Waals surface area contributed by atoms with Gasteiger partial charge in [0.05, 0.1) is 8.46 Å². The Morgan fingerprint density at radius 1 is 1.70 bits per heavy atom. The van der Waals surface area contributed by atoms with Crippen molar-refractivity contribution in [3.05, 3.63) is 0 Å². The van der Waals surface area contributed by atoms with E-state index in [-0.39, 0.29) is 24.5 Å². The monoisotopic (exact) mass is 186 g/mol. The Labute approximate surface area is 69.4 Å². The summed E-state index contributed by atoms with van der Waals surface area (Å²) >= 11 is 0. The van der Waals surface area contributed by atoms with Crippen molar-refractivity contribution in [2.24, 2.45) is 5.73 Å². The van der Waals surface area contributed by atoms with Crippen molar-refractivity contribution in [1.29, 1.82) is 0 Å². The van der Waals surface area contributed by atoms with Gasteiger partial charge in [0.15, 0.2) is 0 Å². The van der Waals surface area contributed by atoms with Gasteiger partial charge in [-0.3, -0.25) is 0 Å². The summed E-state index contributed by atoms with van der Waals surface area (Å²) < 4.78 is 10.1. The lowest BCUT2D eigenvalue weighted by Gasteiger charge is -2.15. The van der Waals surface area contributed by atoms with Crippen LogP contribution >= 0.6 is 20.9 Å². The second-order valence-corrected chi connectivity index (χ2v) is 2.95. The summed E-state index contributed by atoms with van der Waals surface area (Å²) in [5, 5.41) is 3.00. The zero-order valence-corrected chi connectivity index (χ0v) is 8.30. The Kier molecular flexibility index (Phi) is 9.86. The summed E-state index contributed by atoms with van der Waals surface area (Å²) in [6, 6.07) is 0.314. The van der Waals surface area contributed by atoms with Crippen LogP contribution in [0.1, 0.15) is 6.92 Å². The zero-order chi connectivity index (χ0) is 7.28. The molecule has 0 aromatic rings. The highest BCUT2D eigenvalue weighted by Gasteiger charge is 2.07. The van der Waals surface area contributed by atoms with E-state index in [0.29, 0.717) is 6.16 Å². The number of nitrogens with one attached hydrogen (secondary N) is 1. The van der Waals surface area contributed by atoms with Gasteiger partial charge in [0.1, 0.15) is 0 Å². The van der Waals surface area contributed by atoms with E-state index in [2.05, 4.69) is 5.32 Å². The Morgan fingerprint density at radius 3 is 2.50 bits per heavy atom. The summed E-state index contributed by atoms with van der Waals surface area (Å²) in [6.45, 7) is 1.99. The predicted molar refractivity (Wildman–Crippen MR) is 49.0 cm³/mol. The molecule has 0 aliphatic rings. The fourth-order valence-corrected chi connectivity index (χ4v) is 1.16. The second kappa shape index (κ2) is 7.55. The summed E-state index contributed by atoms with van der Waals surface area (Å²) in [5.74, 6) is 0. The van der Waals surface area contributed by atoms with Gasteiger partial charge in [-0.1, -0.05) is 0 Å². The highest BCUT2D eigenvalue weighted by Crippen LogP contribution is 1.97. The molecule has 0 heterocycles. The zero-order valence-electron chi connectivity index (χ0n) is 6.33. The average molecular weight is 187 g/mol. The van der Waals surface area contributed by atoms with Gasteiger partial charge < -0.3 is 15.6 Å². The van der Waals surface area contributed by atoms with Crippen LogP contribution in [0.15, 0.2) is 0 Å². The Bertz CT molecular complexity index is 93.7. The first kappa shape index (κ1) is 13.1. The maximum Gasteiger partial charge on any atom is 0.0661 e. The van der Waals surface area contributed by atoms with Gasteiger partial charge in [-0.25, -0.2) is 0 Å². The second-order valence-electron chi connectivity index (χ2n) is 2.14. The fourth-order valence-electron chi connectivity index (χ4n) is 0.529. The molecule has 0 saturated carbocycles. The molecule has 64 valence electrons. The molecular formula is C5H16ClN2OP. The van der Waals surface area contributed by atoms with E-state index in [1.165, 1.54) is 0 Å². The van der Waals surface area contributed by atoms with Crippen molar-refractivity contribution in [3.63, 3.8) is 0 Å². The van der Waals surface area contributed by atoms with Gasteiger partial charge in [-0.2, -0.15) is 0 Å². The number of nitrogens with two attached hydrogens (primary N) is 1. The predicted octanol–water partition coefficient (Wildman–Crippen LogP) is 0.0997. The molecule has 3 nitrogen and oxygen atoms in total. The summed E-state index contributed by atoms with van der Waals surface area (Å²) in [5.41, 5.74) is 5.60. The van der Waals surface area contributed by atoms with Gasteiger partial charge in [0.2, 0.25) is 0 Å². The Balaban J connectivity index is 0. The molecule has 10 heavy (non-hydrogen) atoms. The summed E-state index contributed by atoms with van der Waals surface area (Å²) in [6.07, 6.45) is 0.641. The molecule has 3 unspecified atom stereocenters. The van der Waals surface area contributed by atoms with E-state index in [4.69, 9.17) is 5.73 Å². The van der Waals surface area contributed by atoms with Crippen LogP contribution < -0.4 is 11.1 Å². The molecule has 0 amide bonds. The molecule has 0 aromatic carbocycles. The van der Waals surface area contributed by atoms with Crippen molar-refractivity contribution >= 4 is 20.9 Å². The molecule has 0 saturated heterocycles. The van der Waals surface area contributed by atoms with E-state index in [1.807, 2.05) is 14.0 Å². The number of hydrogen-bond acceptors (Lipinski definition) is 3. The summed E-state index contributed by atoms with van der Waals surface area (Å²) in [7, 11) is 1.16. The smallest absolute Gasteiger partial charge is 0.0661 e. The van der Waals surface area contributed by atoms with Crippen LogP contribution in [0, 0.1) is 0 Å². The third kappa shape index (κ3) is 5.24. The van der Waals surface area contributed by atoms with Crippen LogP contribution in [0.25, 0.3) is 0 Å². The van der Waals surface area contributed by atoms with Crippen LogP contribution in [0.2, 0.25) is 0 Å². The number of hydrogen-bond donors (Lipinski definition) is 2. The minimum atomic E-state index is -0.691. The molecule has 0 aliphatic heterocycles. The van der Waals surface area contributed by atoms with E-state index < -0.39 is 8.46 Å². The minimum absolute atomic E-state index is 0. The van der Waals surface area contributed by atoms with Crippen molar-refractivity contribution in [3.8, 4) is 0 Å². The largest absolute Gasteiger partial charge is 0.330 e. The van der Waals surface area contributed by atoms with Gasteiger partial charge in [0, 0.05) is 18.2 Å². The van der Waals surface area contributed by atoms with Crippen molar-refractivity contribution in [2.75, 3.05) is 13.2 Å². The SMILES string of the molecule is CNC(C)C(N)C[PH2]=O.Cl. The Morgan fingerprint density at radius 2 is 2.20 bits per heavy atom. The lowest BCUT2D eigenvalue weighted by Crippen LogP contribution is -2.42. The van der Waals surface area contributed by atoms with E-state index in [9.17, 15) is 4.57 Å². The summed E-state index contributed by atoms with van der Waals surface area (Å²) in [4.78, 5) is 0. The molecule has 0 spiro atoms. The highest BCUT2D eigenvalue weighted by atomic mass is 35.5. The quantitative estimate of drug-likeness (QED) is 0.613. The lowest BCUT2D eigenvalue weighted by atomic mass is 10.2. The van der Waals surface area contributed by atoms with Gasteiger partial charge >= 0.3 is 0 Å². The average Bonchev–Trinajstić information content (AvgIpc) is 1.87. The van der Waals surface area contributed by atoms with E-state index in [0.717, 1.165) is 0 Å². The molecule has 0 fully saturated rings. The minimum Gasteiger partial charge on any atom is -0.330 e. The van der Waals surface area contributed by atoms with Crippen molar-refractivity contribution in [2.45, 2.75) is 19.0 Å². The van der Waals surface area contributed by atoms with Crippen molar-refractivity contribution in [1.82, 2.24) is 5.32 Å². The van der Waals surface area contributed by atoms with Crippen LogP contribution in [-0.4, -0.2) is 25.3 Å². The number of likely N-dealkylation sites (N-methyl/N-ethyl adjacent to an activating group) is 1. The topological polar surface area (TPSA) is 55.1 Å².